The number of furan rings is 1. The van der Waals surface area contributed by atoms with Gasteiger partial charge < -0.3 is 9.73 Å². The number of amides is 1. The molecule has 4 aromatic rings. The number of anilines is 1. The van der Waals surface area contributed by atoms with Crippen LogP contribution in [0.15, 0.2) is 46.2 Å². The van der Waals surface area contributed by atoms with Crippen LogP contribution in [0.1, 0.15) is 24.4 Å². The zero-order chi connectivity index (χ0) is 20.2. The molecule has 148 valence electrons. The maximum atomic E-state index is 12.2. The number of thiazole rings is 1. The van der Waals surface area contributed by atoms with Crippen molar-refractivity contribution in [1.29, 1.82) is 0 Å². The SMILES string of the molecule is Cc1cc(-c2csc(NC(=O)CCCn3nnc(-c4ccccc4)n3)n2)c(C)o1. The average Bonchev–Trinajstić information content (AvgIpc) is 3.43. The van der Waals surface area contributed by atoms with Gasteiger partial charge in [0, 0.05) is 22.9 Å². The zero-order valence-electron chi connectivity index (χ0n) is 16.1. The minimum absolute atomic E-state index is 0.0885. The van der Waals surface area contributed by atoms with Gasteiger partial charge in [-0.3, -0.25) is 4.79 Å². The molecule has 0 aliphatic heterocycles. The van der Waals surface area contributed by atoms with Gasteiger partial charge in [-0.15, -0.1) is 21.5 Å². The maximum absolute atomic E-state index is 12.2. The van der Waals surface area contributed by atoms with Crippen LogP contribution in [0, 0.1) is 13.8 Å². The number of rotatable bonds is 7. The first kappa shape index (κ1) is 19.0. The highest BCUT2D eigenvalue weighted by molar-refractivity contribution is 7.14. The molecule has 29 heavy (non-hydrogen) atoms. The first-order chi connectivity index (χ1) is 14.1. The second-order valence-corrected chi connectivity index (χ2v) is 7.45. The Morgan fingerprint density at radius 2 is 2.07 bits per heavy atom. The summed E-state index contributed by atoms with van der Waals surface area (Å²) in [5.41, 5.74) is 2.67. The van der Waals surface area contributed by atoms with E-state index in [1.54, 1.807) is 0 Å². The fourth-order valence-corrected chi connectivity index (χ4v) is 3.67. The highest BCUT2D eigenvalue weighted by Crippen LogP contribution is 2.29. The van der Waals surface area contributed by atoms with E-state index in [4.69, 9.17) is 4.42 Å². The lowest BCUT2D eigenvalue weighted by molar-refractivity contribution is -0.116. The van der Waals surface area contributed by atoms with E-state index >= 15 is 0 Å². The monoisotopic (exact) mass is 408 g/mol. The summed E-state index contributed by atoms with van der Waals surface area (Å²) in [6, 6.07) is 11.6. The molecule has 1 aromatic carbocycles. The van der Waals surface area contributed by atoms with Crippen molar-refractivity contribution in [3.63, 3.8) is 0 Å². The Hall–Kier alpha value is -3.33. The molecule has 4 rings (SSSR count). The van der Waals surface area contributed by atoms with Gasteiger partial charge in [-0.2, -0.15) is 4.80 Å². The molecule has 1 amide bonds. The summed E-state index contributed by atoms with van der Waals surface area (Å²) in [5.74, 6) is 2.15. The summed E-state index contributed by atoms with van der Waals surface area (Å²) in [5, 5.41) is 17.8. The summed E-state index contributed by atoms with van der Waals surface area (Å²) >= 11 is 1.40. The molecule has 3 heterocycles. The molecule has 9 heteroatoms. The zero-order valence-corrected chi connectivity index (χ0v) is 16.9. The van der Waals surface area contributed by atoms with Gasteiger partial charge in [-0.1, -0.05) is 30.3 Å². The molecule has 0 saturated heterocycles. The first-order valence-corrected chi connectivity index (χ1v) is 10.1. The van der Waals surface area contributed by atoms with E-state index in [9.17, 15) is 4.79 Å². The fraction of sp³-hybridized carbons (Fsp3) is 0.250. The molecule has 0 bridgehead atoms. The van der Waals surface area contributed by atoms with E-state index in [1.165, 1.54) is 16.1 Å². The predicted octanol–water partition coefficient (Wildman–Crippen LogP) is 4.09. The quantitative estimate of drug-likeness (QED) is 0.494. The number of carbonyl (C=O) groups excluding carboxylic acids is 1. The molecule has 8 nitrogen and oxygen atoms in total. The third kappa shape index (κ3) is 4.57. The van der Waals surface area contributed by atoms with Crippen LogP contribution in [-0.4, -0.2) is 31.1 Å². The molecule has 0 atom stereocenters. The summed E-state index contributed by atoms with van der Waals surface area (Å²) in [4.78, 5) is 18.2. The Balaban J connectivity index is 1.28. The molecule has 0 unspecified atom stereocenters. The van der Waals surface area contributed by atoms with Gasteiger partial charge in [0.2, 0.25) is 11.7 Å². The van der Waals surface area contributed by atoms with E-state index in [2.05, 4.69) is 25.7 Å². The van der Waals surface area contributed by atoms with Gasteiger partial charge in [0.15, 0.2) is 5.13 Å². The molecule has 0 fully saturated rings. The first-order valence-electron chi connectivity index (χ1n) is 9.24. The lowest BCUT2D eigenvalue weighted by Gasteiger charge is -2.01. The minimum Gasteiger partial charge on any atom is -0.466 e. The number of hydrogen-bond donors (Lipinski definition) is 1. The van der Waals surface area contributed by atoms with Crippen LogP contribution in [0.25, 0.3) is 22.6 Å². The standard InChI is InChI=1S/C20H20N6O2S/c1-13-11-16(14(2)28-13)17-12-29-20(21-17)22-18(27)9-6-10-26-24-19(23-25-26)15-7-4-3-5-8-15/h3-5,7-8,11-12H,6,9-10H2,1-2H3,(H,21,22,27). The number of nitrogens with one attached hydrogen (secondary N) is 1. The normalized spacial score (nSPS) is 11.0. The molecule has 0 aliphatic carbocycles. The van der Waals surface area contributed by atoms with Crippen molar-refractivity contribution in [2.75, 3.05) is 5.32 Å². The number of benzene rings is 1. The Morgan fingerprint density at radius 1 is 1.24 bits per heavy atom. The Morgan fingerprint density at radius 3 is 2.83 bits per heavy atom. The van der Waals surface area contributed by atoms with Gasteiger partial charge in [0.25, 0.3) is 0 Å². The van der Waals surface area contributed by atoms with Crippen molar-refractivity contribution in [1.82, 2.24) is 25.2 Å². The molecule has 0 saturated carbocycles. The van der Waals surface area contributed by atoms with Crippen LogP contribution < -0.4 is 5.32 Å². The van der Waals surface area contributed by atoms with E-state index < -0.39 is 0 Å². The molecule has 3 aromatic heterocycles. The number of aryl methyl sites for hydroxylation is 3. The van der Waals surface area contributed by atoms with Crippen molar-refractivity contribution in [2.24, 2.45) is 0 Å². The third-order valence-corrected chi connectivity index (χ3v) is 5.07. The second kappa shape index (κ2) is 8.36. The lowest BCUT2D eigenvalue weighted by Crippen LogP contribution is -2.13. The van der Waals surface area contributed by atoms with Crippen molar-refractivity contribution in [3.8, 4) is 22.6 Å². The smallest absolute Gasteiger partial charge is 0.226 e. The summed E-state index contributed by atoms with van der Waals surface area (Å²) in [6.07, 6.45) is 0.954. The molecule has 0 radical (unpaired) electrons. The summed E-state index contributed by atoms with van der Waals surface area (Å²) in [7, 11) is 0. The Labute approximate surface area is 171 Å². The molecule has 1 N–H and O–H groups in total. The lowest BCUT2D eigenvalue weighted by atomic mass is 10.2. The minimum atomic E-state index is -0.0885. The van der Waals surface area contributed by atoms with Crippen molar-refractivity contribution < 1.29 is 9.21 Å². The number of hydrogen-bond acceptors (Lipinski definition) is 7. The molecule has 0 aliphatic rings. The van der Waals surface area contributed by atoms with E-state index in [0.717, 1.165) is 28.3 Å². The fourth-order valence-electron chi connectivity index (χ4n) is 2.94. The summed E-state index contributed by atoms with van der Waals surface area (Å²) in [6.45, 7) is 4.32. The highest BCUT2D eigenvalue weighted by atomic mass is 32.1. The number of tetrazole rings is 1. The van der Waals surface area contributed by atoms with Crippen LogP contribution in [0.4, 0.5) is 5.13 Å². The van der Waals surface area contributed by atoms with Crippen molar-refractivity contribution in [3.05, 3.63) is 53.3 Å². The predicted molar refractivity (Wildman–Crippen MR) is 110 cm³/mol. The topological polar surface area (TPSA) is 98.7 Å². The van der Waals surface area contributed by atoms with Gasteiger partial charge in [0.05, 0.1) is 12.2 Å². The van der Waals surface area contributed by atoms with E-state index in [1.807, 2.05) is 55.6 Å². The van der Waals surface area contributed by atoms with Gasteiger partial charge in [-0.05, 0) is 31.5 Å². The molecule has 0 spiro atoms. The molecular weight excluding hydrogens is 388 g/mol. The van der Waals surface area contributed by atoms with Crippen molar-refractivity contribution >= 4 is 22.4 Å². The van der Waals surface area contributed by atoms with Crippen LogP contribution in [-0.2, 0) is 11.3 Å². The Kier molecular flexibility index (Phi) is 5.48. The second-order valence-electron chi connectivity index (χ2n) is 6.59. The number of nitrogens with zero attached hydrogens (tertiary/aromatic N) is 5. The van der Waals surface area contributed by atoms with Crippen LogP contribution >= 0.6 is 11.3 Å². The van der Waals surface area contributed by atoms with E-state index in [-0.39, 0.29) is 5.91 Å². The van der Waals surface area contributed by atoms with Crippen LogP contribution in [0.5, 0.6) is 0 Å². The number of aromatic nitrogens is 5. The van der Waals surface area contributed by atoms with Crippen molar-refractivity contribution in [2.45, 2.75) is 33.2 Å². The van der Waals surface area contributed by atoms with Crippen LogP contribution in [0.3, 0.4) is 0 Å². The number of carbonyl (C=O) groups is 1. The van der Waals surface area contributed by atoms with Crippen LogP contribution in [0.2, 0.25) is 0 Å². The van der Waals surface area contributed by atoms with E-state index in [0.29, 0.717) is 30.3 Å². The maximum Gasteiger partial charge on any atom is 0.226 e. The Bertz CT molecular complexity index is 1120. The average molecular weight is 408 g/mol. The highest BCUT2D eigenvalue weighted by Gasteiger charge is 2.13. The van der Waals surface area contributed by atoms with Gasteiger partial charge in [0.1, 0.15) is 11.5 Å². The summed E-state index contributed by atoms with van der Waals surface area (Å²) < 4.78 is 5.54. The largest absolute Gasteiger partial charge is 0.466 e. The molecular formula is C20H20N6O2S. The van der Waals surface area contributed by atoms with Gasteiger partial charge >= 0.3 is 0 Å². The van der Waals surface area contributed by atoms with Gasteiger partial charge in [-0.25, -0.2) is 4.98 Å². The third-order valence-electron chi connectivity index (χ3n) is 4.31.